The summed E-state index contributed by atoms with van der Waals surface area (Å²) >= 11 is 2.03. The van der Waals surface area contributed by atoms with Gasteiger partial charge in [-0.15, -0.1) is 11.3 Å². The third-order valence-corrected chi connectivity index (χ3v) is 12.8. The van der Waals surface area contributed by atoms with E-state index in [1.807, 2.05) is 11.3 Å². The van der Waals surface area contributed by atoms with Crippen molar-refractivity contribution in [3.63, 3.8) is 0 Å². The Balaban J connectivity index is 1.42. The van der Waals surface area contributed by atoms with Crippen LogP contribution < -0.4 is 25.5 Å². The van der Waals surface area contributed by atoms with Crippen molar-refractivity contribution in [2.75, 3.05) is 9.80 Å². The third kappa shape index (κ3) is 4.18. The second-order valence-corrected chi connectivity index (χ2v) is 17.0. The van der Waals surface area contributed by atoms with Crippen LogP contribution in [0.4, 0.5) is 34.1 Å². The lowest BCUT2D eigenvalue weighted by Gasteiger charge is -2.44. The van der Waals surface area contributed by atoms with Gasteiger partial charge in [0.2, 0.25) is 0 Å². The fraction of sp³-hybridized carbons (Fsp3) is 0.273. The fourth-order valence-electron chi connectivity index (χ4n) is 8.78. The van der Waals surface area contributed by atoms with Crippen molar-refractivity contribution in [1.29, 1.82) is 0 Å². The average Bonchev–Trinajstić information content (AvgIpc) is 3.45. The van der Waals surface area contributed by atoms with E-state index >= 15 is 0 Å². The summed E-state index contributed by atoms with van der Waals surface area (Å²) in [5.41, 5.74) is 16.5. The minimum Gasteiger partial charge on any atom is -0.311 e. The van der Waals surface area contributed by atoms with Crippen LogP contribution >= 0.6 is 11.3 Å². The van der Waals surface area contributed by atoms with Gasteiger partial charge in [-0.05, 0) is 118 Å². The molecule has 0 amide bonds. The minimum atomic E-state index is 0.140. The lowest BCUT2D eigenvalue weighted by atomic mass is 9.36. The predicted molar refractivity (Wildman–Crippen MR) is 210 cm³/mol. The number of hydrogen-bond donors (Lipinski definition) is 0. The van der Waals surface area contributed by atoms with Crippen LogP contribution in [-0.2, 0) is 10.8 Å². The summed E-state index contributed by atoms with van der Waals surface area (Å²) in [4.78, 5) is 5.12. The molecule has 0 saturated heterocycles. The molecule has 0 radical (unpaired) electrons. The summed E-state index contributed by atoms with van der Waals surface area (Å²) in [6.45, 7) is 16.9. The topological polar surface area (TPSA) is 6.48 Å². The van der Waals surface area contributed by atoms with Gasteiger partial charge in [0.05, 0.1) is 5.69 Å². The standard InChI is InChI=1S/C44H43BN2S/c1-27(2)29-20-21-36-34(24-29)45-40-37(46(36)30-15-9-8-10-16-30)18-13-19-38(40)47(35-17-12-11-14-28(35)3)41-31-25-32-33(26-39(31)48-42(41)45)44(6,7)23-22-43(32,4)5/h8-21,24-27H,22-23H2,1-7H3. The highest BCUT2D eigenvalue weighted by atomic mass is 32.1. The van der Waals surface area contributed by atoms with Crippen molar-refractivity contribution in [2.24, 2.45) is 0 Å². The molecule has 0 atom stereocenters. The number of nitrogens with zero attached hydrogens (tertiary/aromatic N) is 2. The van der Waals surface area contributed by atoms with Crippen LogP contribution in [0.15, 0.2) is 103 Å². The van der Waals surface area contributed by atoms with Gasteiger partial charge in [0.15, 0.2) is 0 Å². The Morgan fingerprint density at radius 3 is 2.02 bits per heavy atom. The molecule has 1 aromatic heterocycles. The van der Waals surface area contributed by atoms with Crippen molar-refractivity contribution in [3.05, 3.63) is 125 Å². The Kier molecular flexibility index (Phi) is 6.44. The number of rotatable bonds is 3. The Bertz CT molecular complexity index is 2260. The molecule has 0 unspecified atom stereocenters. The van der Waals surface area contributed by atoms with E-state index in [1.165, 1.54) is 95.0 Å². The minimum absolute atomic E-state index is 0.140. The third-order valence-electron chi connectivity index (χ3n) is 11.6. The van der Waals surface area contributed by atoms with Crippen LogP contribution in [0.3, 0.4) is 0 Å². The first kappa shape index (κ1) is 29.8. The molecule has 48 heavy (non-hydrogen) atoms. The molecular weight excluding hydrogens is 599 g/mol. The molecule has 2 aliphatic heterocycles. The van der Waals surface area contributed by atoms with E-state index in [4.69, 9.17) is 0 Å². The zero-order chi connectivity index (χ0) is 33.1. The summed E-state index contributed by atoms with van der Waals surface area (Å²) in [5, 5.41) is 1.39. The van der Waals surface area contributed by atoms with Crippen LogP contribution in [0.5, 0.6) is 0 Å². The zero-order valence-electron chi connectivity index (χ0n) is 29.2. The van der Waals surface area contributed by atoms with Crippen molar-refractivity contribution in [1.82, 2.24) is 0 Å². The molecule has 3 aliphatic rings. The van der Waals surface area contributed by atoms with Crippen molar-refractivity contribution < 1.29 is 0 Å². The first-order valence-electron chi connectivity index (χ1n) is 17.6. The molecule has 6 aromatic rings. The molecule has 3 heterocycles. The average molecular weight is 643 g/mol. The quantitative estimate of drug-likeness (QED) is 0.177. The molecule has 4 heteroatoms. The number of fused-ring (bicyclic) bond motifs is 7. The highest BCUT2D eigenvalue weighted by molar-refractivity contribution is 7.33. The molecule has 238 valence electrons. The fourth-order valence-corrected chi connectivity index (χ4v) is 10.1. The maximum atomic E-state index is 2.62. The molecule has 1 aliphatic carbocycles. The molecule has 2 nitrogen and oxygen atoms in total. The molecule has 0 saturated carbocycles. The second kappa shape index (κ2) is 10.4. The van der Waals surface area contributed by atoms with Crippen LogP contribution in [0.25, 0.3) is 10.1 Å². The maximum absolute atomic E-state index is 2.62. The van der Waals surface area contributed by atoms with Gasteiger partial charge in [-0.25, -0.2) is 0 Å². The van der Waals surface area contributed by atoms with Gasteiger partial charge in [-0.3, -0.25) is 0 Å². The Morgan fingerprint density at radius 2 is 1.31 bits per heavy atom. The van der Waals surface area contributed by atoms with Crippen LogP contribution in [0.1, 0.15) is 82.6 Å². The van der Waals surface area contributed by atoms with Gasteiger partial charge in [-0.2, -0.15) is 0 Å². The Hall–Kier alpha value is -4.28. The van der Waals surface area contributed by atoms with Gasteiger partial charge in [0.1, 0.15) is 0 Å². The molecule has 5 aromatic carbocycles. The number of anilines is 6. The van der Waals surface area contributed by atoms with E-state index in [1.54, 1.807) is 0 Å². The van der Waals surface area contributed by atoms with Gasteiger partial charge in [0, 0.05) is 43.3 Å². The molecule has 0 spiro atoms. The number of aryl methyl sites for hydroxylation is 1. The van der Waals surface area contributed by atoms with E-state index < -0.39 is 0 Å². The zero-order valence-corrected chi connectivity index (χ0v) is 30.0. The SMILES string of the molecule is Cc1ccccc1N1c2cccc3c2B(c2cc(C(C)C)ccc2N3c2ccccc2)c2sc3cc4c(cc3c21)C(C)(C)CCC4(C)C. The van der Waals surface area contributed by atoms with E-state index in [0.29, 0.717) is 5.92 Å². The maximum Gasteiger partial charge on any atom is 0.264 e. The molecule has 0 bridgehead atoms. The first-order valence-corrected chi connectivity index (χ1v) is 18.5. The van der Waals surface area contributed by atoms with Crippen molar-refractivity contribution in [3.8, 4) is 0 Å². The van der Waals surface area contributed by atoms with Crippen molar-refractivity contribution >= 4 is 78.0 Å². The first-order chi connectivity index (χ1) is 23.0. The lowest BCUT2D eigenvalue weighted by Crippen LogP contribution is -2.60. The highest BCUT2D eigenvalue weighted by Gasteiger charge is 2.46. The molecule has 9 rings (SSSR count). The summed E-state index contributed by atoms with van der Waals surface area (Å²) in [5.74, 6) is 0.447. The summed E-state index contributed by atoms with van der Waals surface area (Å²) in [7, 11) is 0. The number of benzene rings is 5. The summed E-state index contributed by atoms with van der Waals surface area (Å²) in [6, 6.07) is 39.3. The number of hydrogen-bond acceptors (Lipinski definition) is 3. The molecule has 0 N–H and O–H groups in total. The summed E-state index contributed by atoms with van der Waals surface area (Å²) < 4.78 is 2.87. The predicted octanol–water partition coefficient (Wildman–Crippen LogP) is 10.8. The molecule has 0 fully saturated rings. The van der Waals surface area contributed by atoms with Gasteiger partial charge in [-0.1, -0.05) is 96.1 Å². The number of thiophene rings is 1. The van der Waals surface area contributed by atoms with E-state index in [2.05, 4.69) is 161 Å². The van der Waals surface area contributed by atoms with Crippen molar-refractivity contribution in [2.45, 2.75) is 78.1 Å². The van der Waals surface area contributed by atoms with Crippen LogP contribution in [0.2, 0.25) is 0 Å². The van der Waals surface area contributed by atoms with E-state index in [0.717, 1.165) is 0 Å². The van der Waals surface area contributed by atoms with E-state index in [-0.39, 0.29) is 17.5 Å². The monoisotopic (exact) mass is 642 g/mol. The largest absolute Gasteiger partial charge is 0.311 e. The van der Waals surface area contributed by atoms with Gasteiger partial charge >= 0.3 is 0 Å². The van der Waals surface area contributed by atoms with Gasteiger partial charge < -0.3 is 9.80 Å². The number of para-hydroxylation sites is 2. The normalized spacial score (nSPS) is 16.9. The highest BCUT2D eigenvalue weighted by Crippen LogP contribution is 2.52. The molecular formula is C44H43BN2S. The smallest absolute Gasteiger partial charge is 0.264 e. The Labute approximate surface area is 290 Å². The van der Waals surface area contributed by atoms with Crippen LogP contribution in [-0.4, -0.2) is 6.71 Å². The lowest BCUT2D eigenvalue weighted by molar-refractivity contribution is 0.332. The van der Waals surface area contributed by atoms with E-state index in [9.17, 15) is 0 Å². The van der Waals surface area contributed by atoms with Crippen LogP contribution in [0, 0.1) is 6.92 Å². The van der Waals surface area contributed by atoms with Gasteiger partial charge in [0.25, 0.3) is 6.71 Å². The second-order valence-electron chi connectivity index (χ2n) is 15.9. The Morgan fingerprint density at radius 1 is 0.667 bits per heavy atom. The summed E-state index contributed by atoms with van der Waals surface area (Å²) in [6.07, 6.45) is 2.43.